The Hall–Kier alpha value is -0.260. The lowest BCUT2D eigenvalue weighted by atomic mass is 9.64. The quantitative estimate of drug-likeness (QED) is 0.478. The number of hydrogen-bond donors (Lipinski definition) is 0. The Kier molecular flexibility index (Phi) is 1.82. The van der Waals surface area contributed by atoms with Crippen LogP contribution in [0.4, 0.5) is 0 Å². The van der Waals surface area contributed by atoms with Gasteiger partial charge in [0.15, 0.2) is 0 Å². The van der Waals surface area contributed by atoms with E-state index >= 15 is 0 Å². The second-order valence-corrected chi connectivity index (χ2v) is 5.05. The normalized spacial score (nSPS) is 47.7. The van der Waals surface area contributed by atoms with E-state index in [0.29, 0.717) is 5.41 Å². The third kappa shape index (κ3) is 0.967. The van der Waals surface area contributed by atoms with Crippen LogP contribution in [0.1, 0.15) is 46.0 Å². The predicted octanol–water partition coefficient (Wildman–Crippen LogP) is 3.78. The van der Waals surface area contributed by atoms with Gasteiger partial charge >= 0.3 is 0 Å². The summed E-state index contributed by atoms with van der Waals surface area (Å²) in [6, 6.07) is 0. The molecule has 0 amide bonds. The van der Waals surface area contributed by atoms with Crippen LogP contribution in [0.3, 0.4) is 0 Å². The van der Waals surface area contributed by atoms with Crippen LogP contribution in [0.2, 0.25) is 0 Å². The van der Waals surface area contributed by atoms with Crippen molar-refractivity contribution in [2.75, 3.05) is 0 Å². The number of allylic oxidation sites excluding steroid dienone is 1. The van der Waals surface area contributed by atoms with Gasteiger partial charge in [0, 0.05) is 0 Å². The van der Waals surface area contributed by atoms with Crippen LogP contribution in [0.25, 0.3) is 0 Å². The molecule has 0 bridgehead atoms. The zero-order valence-corrected chi connectivity index (χ0v) is 8.40. The van der Waals surface area contributed by atoms with E-state index in [-0.39, 0.29) is 0 Å². The summed E-state index contributed by atoms with van der Waals surface area (Å²) in [5.74, 6) is 1.79. The molecule has 2 saturated carbocycles. The van der Waals surface area contributed by atoms with Gasteiger partial charge in [0.05, 0.1) is 0 Å². The van der Waals surface area contributed by atoms with Crippen molar-refractivity contribution in [1.29, 1.82) is 0 Å². The van der Waals surface area contributed by atoms with Crippen LogP contribution in [0, 0.1) is 17.3 Å². The highest BCUT2D eigenvalue weighted by molar-refractivity contribution is 5.14. The molecule has 1 unspecified atom stereocenters. The summed E-state index contributed by atoms with van der Waals surface area (Å²) in [5, 5.41) is 0. The highest BCUT2D eigenvalue weighted by Crippen LogP contribution is 2.56. The first-order chi connectivity index (χ1) is 5.64. The lowest BCUT2D eigenvalue weighted by Gasteiger charge is -2.40. The summed E-state index contributed by atoms with van der Waals surface area (Å²) < 4.78 is 0. The maximum absolute atomic E-state index is 4.24. The molecule has 0 heterocycles. The van der Waals surface area contributed by atoms with Crippen LogP contribution >= 0.6 is 0 Å². The first-order valence-electron chi connectivity index (χ1n) is 5.32. The van der Waals surface area contributed by atoms with Gasteiger partial charge in [0.25, 0.3) is 0 Å². The molecular formula is C12H20. The number of hydrogen-bond acceptors (Lipinski definition) is 0. The molecule has 0 aliphatic heterocycles. The van der Waals surface area contributed by atoms with E-state index < -0.39 is 0 Å². The minimum Gasteiger partial charge on any atom is -0.0996 e. The molecule has 0 radical (unpaired) electrons. The Labute approximate surface area is 76.1 Å². The van der Waals surface area contributed by atoms with Gasteiger partial charge in [-0.3, -0.25) is 0 Å². The van der Waals surface area contributed by atoms with E-state index in [1.54, 1.807) is 5.57 Å². The predicted molar refractivity (Wildman–Crippen MR) is 53.0 cm³/mol. The molecule has 0 saturated heterocycles. The van der Waals surface area contributed by atoms with E-state index in [1.807, 2.05) is 0 Å². The molecule has 12 heavy (non-hydrogen) atoms. The second kappa shape index (κ2) is 2.61. The van der Waals surface area contributed by atoms with Gasteiger partial charge in [-0.25, -0.2) is 0 Å². The third-order valence-corrected chi connectivity index (χ3v) is 4.52. The lowest BCUT2D eigenvalue weighted by Crippen LogP contribution is -2.31. The van der Waals surface area contributed by atoms with Gasteiger partial charge in [0.1, 0.15) is 0 Å². The van der Waals surface area contributed by atoms with Crippen LogP contribution in [0.5, 0.6) is 0 Å². The van der Waals surface area contributed by atoms with Crippen molar-refractivity contribution >= 4 is 0 Å². The van der Waals surface area contributed by atoms with Gasteiger partial charge < -0.3 is 0 Å². The molecule has 0 aromatic carbocycles. The van der Waals surface area contributed by atoms with Crippen LogP contribution in [-0.2, 0) is 0 Å². The topological polar surface area (TPSA) is 0 Å². The maximum Gasteiger partial charge on any atom is -0.0149 e. The highest BCUT2D eigenvalue weighted by atomic mass is 14.5. The summed E-state index contributed by atoms with van der Waals surface area (Å²) in [4.78, 5) is 0. The molecule has 2 fully saturated rings. The monoisotopic (exact) mass is 164 g/mol. The molecule has 2 aliphatic rings. The van der Waals surface area contributed by atoms with E-state index in [4.69, 9.17) is 0 Å². The van der Waals surface area contributed by atoms with E-state index in [1.165, 1.54) is 32.1 Å². The molecule has 68 valence electrons. The Morgan fingerprint density at radius 2 is 2.17 bits per heavy atom. The third-order valence-electron chi connectivity index (χ3n) is 4.52. The minimum absolute atomic E-state index is 0.620. The summed E-state index contributed by atoms with van der Waals surface area (Å²) >= 11 is 0. The molecule has 0 heteroatoms. The molecule has 0 spiro atoms. The molecular weight excluding hydrogens is 144 g/mol. The average Bonchev–Trinajstić information content (AvgIpc) is 2.30. The van der Waals surface area contributed by atoms with Crippen molar-refractivity contribution in [2.24, 2.45) is 17.3 Å². The van der Waals surface area contributed by atoms with E-state index in [2.05, 4.69) is 20.4 Å². The highest BCUT2D eigenvalue weighted by Gasteiger charge is 2.46. The standard InChI is InChI=1S/C12H20/c1-9-5-4-8-12(3)10(2)6-7-11(9)12/h10-11H,1,4-8H2,2-3H3/t10-,11?,12+/m0/s1. The fourth-order valence-corrected chi connectivity index (χ4v) is 3.38. The average molecular weight is 164 g/mol. The Bertz CT molecular complexity index is 204. The maximum atomic E-state index is 4.24. The van der Waals surface area contributed by atoms with Crippen molar-refractivity contribution < 1.29 is 0 Å². The van der Waals surface area contributed by atoms with Crippen LogP contribution < -0.4 is 0 Å². The summed E-state index contributed by atoms with van der Waals surface area (Å²) in [6.45, 7) is 9.15. The molecule has 0 aromatic rings. The van der Waals surface area contributed by atoms with E-state index in [0.717, 1.165) is 11.8 Å². The molecule has 3 atom stereocenters. The van der Waals surface area contributed by atoms with Gasteiger partial charge in [0.2, 0.25) is 0 Å². The fourth-order valence-electron chi connectivity index (χ4n) is 3.38. The summed E-state index contributed by atoms with van der Waals surface area (Å²) in [7, 11) is 0. The Morgan fingerprint density at radius 3 is 2.83 bits per heavy atom. The minimum atomic E-state index is 0.620. The van der Waals surface area contributed by atoms with Crippen molar-refractivity contribution in [1.82, 2.24) is 0 Å². The van der Waals surface area contributed by atoms with Gasteiger partial charge in [-0.1, -0.05) is 26.0 Å². The second-order valence-electron chi connectivity index (χ2n) is 5.05. The molecule has 0 aromatic heterocycles. The zero-order valence-electron chi connectivity index (χ0n) is 8.40. The van der Waals surface area contributed by atoms with Crippen molar-refractivity contribution in [3.8, 4) is 0 Å². The first-order valence-corrected chi connectivity index (χ1v) is 5.32. The zero-order chi connectivity index (χ0) is 8.77. The molecule has 2 rings (SSSR count). The number of rotatable bonds is 0. The van der Waals surface area contributed by atoms with Gasteiger partial charge in [-0.15, -0.1) is 0 Å². The van der Waals surface area contributed by atoms with Gasteiger partial charge in [-0.2, -0.15) is 0 Å². The molecule has 0 N–H and O–H groups in total. The van der Waals surface area contributed by atoms with Crippen LogP contribution in [0.15, 0.2) is 12.2 Å². The SMILES string of the molecule is C=C1CCC[C@@]2(C)C1CC[C@@H]2C. The Morgan fingerprint density at radius 1 is 1.42 bits per heavy atom. The van der Waals surface area contributed by atoms with Crippen LogP contribution in [-0.4, -0.2) is 0 Å². The van der Waals surface area contributed by atoms with Crippen molar-refractivity contribution in [2.45, 2.75) is 46.0 Å². The smallest absolute Gasteiger partial charge is 0.0149 e. The molecule has 2 aliphatic carbocycles. The fraction of sp³-hybridized carbons (Fsp3) is 0.833. The van der Waals surface area contributed by atoms with Crippen molar-refractivity contribution in [3.05, 3.63) is 12.2 Å². The largest absolute Gasteiger partial charge is 0.0996 e. The van der Waals surface area contributed by atoms with Gasteiger partial charge in [-0.05, 0) is 49.4 Å². The lowest BCUT2D eigenvalue weighted by molar-refractivity contribution is 0.147. The summed E-state index contributed by atoms with van der Waals surface area (Å²) in [5.41, 5.74) is 2.17. The molecule has 0 nitrogen and oxygen atoms in total. The van der Waals surface area contributed by atoms with E-state index in [9.17, 15) is 0 Å². The summed E-state index contributed by atoms with van der Waals surface area (Å²) in [6.07, 6.45) is 6.97. The number of fused-ring (bicyclic) bond motifs is 1. The van der Waals surface area contributed by atoms with Crippen molar-refractivity contribution in [3.63, 3.8) is 0 Å². The first kappa shape index (κ1) is 8.34. The Balaban J connectivity index is 2.26.